The molecule has 0 aliphatic carbocycles. The van der Waals surface area contributed by atoms with Gasteiger partial charge < -0.3 is 14.2 Å². The van der Waals surface area contributed by atoms with Crippen molar-refractivity contribution in [3.8, 4) is 34.2 Å². The Morgan fingerprint density at radius 2 is 0.588 bits per heavy atom. The Balaban J connectivity index is 1.35. The van der Waals surface area contributed by atoms with Crippen molar-refractivity contribution in [2.75, 3.05) is 0 Å². The summed E-state index contributed by atoms with van der Waals surface area (Å²) in [7, 11) is 0. The molecule has 0 N–H and O–H groups in total. The molecule has 0 amide bonds. The molecule has 0 saturated heterocycles. The van der Waals surface area contributed by atoms with Gasteiger partial charge in [0.15, 0.2) is 17.5 Å². The van der Waals surface area contributed by atoms with Crippen molar-refractivity contribution in [2.24, 2.45) is 15.0 Å². The van der Waals surface area contributed by atoms with Crippen LogP contribution in [0.1, 0.15) is 99.8 Å². The van der Waals surface area contributed by atoms with Gasteiger partial charge >= 0.3 is 0 Å². The molecule has 7 rings (SSSR count). The fourth-order valence-corrected chi connectivity index (χ4v) is 5.50. The summed E-state index contributed by atoms with van der Waals surface area (Å²) in [5, 5.41) is 0. The molecule has 264 valence electrons. The highest BCUT2D eigenvalue weighted by molar-refractivity contribution is 5.98. The molecule has 4 aromatic rings. The molecule has 7 heterocycles. The zero-order chi connectivity index (χ0) is 36.8. The summed E-state index contributed by atoms with van der Waals surface area (Å²) in [6.45, 7) is 24.5. The number of aliphatic imine (C=N–C) groups is 3. The van der Waals surface area contributed by atoms with E-state index in [0.717, 1.165) is 16.7 Å². The third kappa shape index (κ3) is 5.94. The minimum atomic E-state index is -0.489. The van der Waals surface area contributed by atoms with E-state index >= 15 is 0 Å². The molecule has 4 aromatic heterocycles. The fourth-order valence-electron chi connectivity index (χ4n) is 5.50. The van der Waals surface area contributed by atoms with E-state index in [1.807, 2.05) is 59.7 Å². The van der Waals surface area contributed by atoms with Crippen molar-refractivity contribution in [1.82, 2.24) is 29.9 Å². The highest BCUT2D eigenvalue weighted by atomic mass is 16.5. The Hall–Kier alpha value is -5.13. The molecular formula is C39H45N9O3. The van der Waals surface area contributed by atoms with E-state index in [4.69, 9.17) is 44.1 Å². The lowest BCUT2D eigenvalue weighted by Gasteiger charge is -2.30. The van der Waals surface area contributed by atoms with Crippen LogP contribution in [0.2, 0.25) is 0 Å². The SMILES string of the molecule is CC1(C)N=C(c2cncc(-c3nc(-c4cncc(C5=NC(C)(C)C(C)(C)O5)c4)nc(-c4cncc(C5=NC(C)(C)C(C)(C)O5)c4)n3)c2)OC1(C)C. The summed E-state index contributed by atoms with van der Waals surface area (Å²) < 4.78 is 18.9. The molecule has 0 bridgehead atoms. The van der Waals surface area contributed by atoms with Crippen molar-refractivity contribution in [1.29, 1.82) is 0 Å². The maximum absolute atomic E-state index is 6.30. The molecular weight excluding hydrogens is 642 g/mol. The largest absolute Gasteiger partial charge is 0.469 e. The molecule has 3 aliphatic rings. The summed E-state index contributed by atoms with van der Waals surface area (Å²) in [6.07, 6.45) is 10.4. The first-order valence-corrected chi connectivity index (χ1v) is 17.2. The molecule has 0 radical (unpaired) electrons. The Bertz CT molecular complexity index is 1910. The molecule has 0 spiro atoms. The molecule has 12 heteroatoms. The lowest BCUT2D eigenvalue weighted by atomic mass is 9.87. The Morgan fingerprint density at radius 1 is 0.353 bits per heavy atom. The normalized spacial score (nSPS) is 21.5. The van der Waals surface area contributed by atoms with Gasteiger partial charge in [0.05, 0.1) is 33.3 Å². The Morgan fingerprint density at radius 3 is 0.804 bits per heavy atom. The number of hydrogen-bond acceptors (Lipinski definition) is 12. The van der Waals surface area contributed by atoms with E-state index in [9.17, 15) is 0 Å². The van der Waals surface area contributed by atoms with Crippen molar-refractivity contribution >= 4 is 17.7 Å². The van der Waals surface area contributed by atoms with Gasteiger partial charge in [-0.15, -0.1) is 0 Å². The van der Waals surface area contributed by atoms with E-state index in [-0.39, 0.29) is 0 Å². The van der Waals surface area contributed by atoms with Crippen LogP contribution in [0.4, 0.5) is 0 Å². The second kappa shape index (κ2) is 11.2. The van der Waals surface area contributed by atoms with Gasteiger partial charge in [-0.3, -0.25) is 15.0 Å². The smallest absolute Gasteiger partial charge is 0.218 e. The Labute approximate surface area is 299 Å². The average molecular weight is 688 g/mol. The van der Waals surface area contributed by atoms with Crippen molar-refractivity contribution in [3.05, 3.63) is 72.1 Å². The van der Waals surface area contributed by atoms with Gasteiger partial charge in [0.1, 0.15) is 16.8 Å². The van der Waals surface area contributed by atoms with E-state index < -0.39 is 33.4 Å². The van der Waals surface area contributed by atoms with Crippen LogP contribution in [0.3, 0.4) is 0 Å². The van der Waals surface area contributed by atoms with Crippen LogP contribution in [0.25, 0.3) is 34.2 Å². The Kier molecular flexibility index (Phi) is 7.53. The summed E-state index contributed by atoms with van der Waals surface area (Å²) in [6, 6.07) is 5.81. The summed E-state index contributed by atoms with van der Waals surface area (Å²) in [5.41, 5.74) is 1.45. The number of hydrogen-bond donors (Lipinski definition) is 0. The monoisotopic (exact) mass is 687 g/mol. The van der Waals surface area contributed by atoms with Crippen molar-refractivity contribution in [2.45, 2.75) is 117 Å². The maximum atomic E-state index is 6.30. The molecule has 51 heavy (non-hydrogen) atoms. The van der Waals surface area contributed by atoms with Crippen LogP contribution in [0.15, 0.2) is 70.4 Å². The van der Waals surface area contributed by atoms with E-state index in [1.165, 1.54) is 0 Å². The van der Waals surface area contributed by atoms with Gasteiger partial charge in [0.2, 0.25) is 17.7 Å². The predicted octanol–water partition coefficient (Wildman–Crippen LogP) is 7.06. The lowest BCUT2D eigenvalue weighted by Crippen LogP contribution is -2.41. The van der Waals surface area contributed by atoms with Crippen LogP contribution < -0.4 is 0 Å². The summed E-state index contributed by atoms with van der Waals surface area (Å²) in [4.78, 5) is 43.1. The quantitative estimate of drug-likeness (QED) is 0.208. The first kappa shape index (κ1) is 34.3. The third-order valence-electron chi connectivity index (χ3n) is 11.0. The molecule has 0 saturated carbocycles. The number of rotatable bonds is 6. The van der Waals surface area contributed by atoms with Gasteiger partial charge in [-0.1, -0.05) is 0 Å². The maximum Gasteiger partial charge on any atom is 0.218 e. The van der Waals surface area contributed by atoms with Gasteiger partial charge in [-0.2, -0.15) is 0 Å². The molecule has 0 atom stereocenters. The van der Waals surface area contributed by atoms with Crippen LogP contribution in [0, 0.1) is 0 Å². The van der Waals surface area contributed by atoms with Gasteiger partial charge in [-0.05, 0) is 101 Å². The second-order valence-corrected chi connectivity index (χ2v) is 16.5. The summed E-state index contributed by atoms with van der Waals surface area (Å²) >= 11 is 0. The van der Waals surface area contributed by atoms with Gasteiger partial charge in [0.25, 0.3) is 0 Å². The van der Waals surface area contributed by atoms with Crippen LogP contribution in [0.5, 0.6) is 0 Å². The topological polar surface area (TPSA) is 142 Å². The van der Waals surface area contributed by atoms with Crippen molar-refractivity contribution < 1.29 is 14.2 Å². The summed E-state index contributed by atoms with van der Waals surface area (Å²) in [5.74, 6) is 2.79. The van der Waals surface area contributed by atoms with Gasteiger partial charge in [-0.25, -0.2) is 29.9 Å². The fraction of sp³-hybridized carbons (Fsp3) is 0.462. The minimum absolute atomic E-state index is 0.408. The molecule has 3 aliphatic heterocycles. The second-order valence-electron chi connectivity index (χ2n) is 16.5. The highest BCUT2D eigenvalue weighted by Crippen LogP contribution is 2.39. The predicted molar refractivity (Wildman–Crippen MR) is 197 cm³/mol. The average Bonchev–Trinajstić information content (AvgIpc) is 3.54. The first-order chi connectivity index (χ1) is 23.7. The standard InChI is InChI=1S/C39H45N9O3/c1-34(2)37(7,8)49-31(46-34)25-13-22(16-40-19-25)28-43-29(23-14-26(20-41-17-23)32-47-35(3,4)38(9,10)50-32)45-30(44-28)24-15-27(21-42-18-24)33-48-36(5,6)39(11,12)51-33/h13-21H,1-12H3. The third-order valence-corrected chi connectivity index (χ3v) is 11.0. The molecule has 0 aromatic carbocycles. The van der Waals surface area contributed by atoms with E-state index in [1.54, 1.807) is 37.2 Å². The molecule has 0 fully saturated rings. The number of aromatic nitrogens is 6. The number of nitrogens with zero attached hydrogens (tertiary/aromatic N) is 9. The zero-order valence-corrected chi connectivity index (χ0v) is 31.4. The lowest BCUT2D eigenvalue weighted by molar-refractivity contribution is 0.0618. The van der Waals surface area contributed by atoms with E-state index in [0.29, 0.717) is 51.9 Å². The van der Waals surface area contributed by atoms with Gasteiger partial charge in [0, 0.05) is 53.9 Å². The van der Waals surface area contributed by atoms with Crippen LogP contribution >= 0.6 is 0 Å². The molecule has 0 unspecified atom stereocenters. The number of pyridine rings is 3. The zero-order valence-electron chi connectivity index (χ0n) is 31.4. The molecule has 12 nitrogen and oxygen atoms in total. The van der Waals surface area contributed by atoms with E-state index in [2.05, 4.69) is 56.5 Å². The van der Waals surface area contributed by atoms with Crippen LogP contribution in [-0.2, 0) is 14.2 Å². The first-order valence-electron chi connectivity index (χ1n) is 17.2. The van der Waals surface area contributed by atoms with Crippen molar-refractivity contribution in [3.63, 3.8) is 0 Å². The minimum Gasteiger partial charge on any atom is -0.469 e. The number of ether oxygens (including phenoxy) is 3. The van der Waals surface area contributed by atoms with Crippen LogP contribution in [-0.4, -0.2) is 81.0 Å². The highest BCUT2D eigenvalue weighted by Gasteiger charge is 2.47.